The molecule has 2 aromatic rings. The van der Waals surface area contributed by atoms with E-state index in [4.69, 9.17) is 16.3 Å². The summed E-state index contributed by atoms with van der Waals surface area (Å²) in [5, 5.41) is 0.653. The maximum Gasteiger partial charge on any atom is 0.202 e. The fourth-order valence-corrected chi connectivity index (χ4v) is 4.61. The van der Waals surface area contributed by atoms with Gasteiger partial charge in [-0.3, -0.25) is 4.79 Å². The van der Waals surface area contributed by atoms with Crippen LogP contribution in [0.15, 0.2) is 31.8 Å². The number of carbonyl (C=O) groups excluding carboxylic acids is 1. The van der Waals surface area contributed by atoms with Crippen molar-refractivity contribution in [2.24, 2.45) is 0 Å². The number of rotatable bonds is 4. The molecule has 2 rings (SSSR count). The second-order valence-electron chi connectivity index (χ2n) is 3.86. The smallest absolute Gasteiger partial charge is 0.202 e. The van der Waals surface area contributed by atoms with Gasteiger partial charge in [-0.15, -0.1) is 11.3 Å². The predicted molar refractivity (Wildman–Crippen MR) is 85.7 cm³/mol. The van der Waals surface area contributed by atoms with E-state index in [9.17, 15) is 4.79 Å². The number of hydrogen-bond acceptors (Lipinski definition) is 3. The van der Waals surface area contributed by atoms with Gasteiger partial charge in [-0.1, -0.05) is 11.6 Å². The van der Waals surface area contributed by atoms with Crippen LogP contribution < -0.4 is 4.74 Å². The first-order chi connectivity index (χ1) is 8.97. The molecule has 0 aliphatic heterocycles. The van der Waals surface area contributed by atoms with E-state index >= 15 is 0 Å². The van der Waals surface area contributed by atoms with Crippen molar-refractivity contribution in [2.45, 2.75) is 6.92 Å². The number of hydrogen-bond donors (Lipinski definition) is 0. The van der Waals surface area contributed by atoms with E-state index in [0.29, 0.717) is 16.3 Å². The first kappa shape index (κ1) is 15.0. The van der Waals surface area contributed by atoms with Crippen molar-refractivity contribution in [3.05, 3.63) is 48.0 Å². The van der Waals surface area contributed by atoms with Gasteiger partial charge in [0, 0.05) is 10.6 Å². The number of ketones is 1. The van der Waals surface area contributed by atoms with E-state index in [1.165, 1.54) is 11.3 Å². The predicted octanol–water partition coefficient (Wildman–Crippen LogP) is 5.50. The fraction of sp³-hybridized carbons (Fsp3) is 0.154. The Bertz CT molecular complexity index is 625. The summed E-state index contributed by atoms with van der Waals surface area (Å²) in [6, 6.07) is 7.10. The van der Waals surface area contributed by atoms with Crippen LogP contribution in [0.3, 0.4) is 0 Å². The van der Waals surface area contributed by atoms with Gasteiger partial charge in [-0.25, -0.2) is 0 Å². The quantitative estimate of drug-likeness (QED) is 0.606. The largest absolute Gasteiger partial charge is 0.485 e. The molecule has 0 bridgehead atoms. The Morgan fingerprint density at radius 3 is 2.68 bits per heavy atom. The highest BCUT2D eigenvalue weighted by molar-refractivity contribution is 9.12. The zero-order chi connectivity index (χ0) is 14.0. The number of halogens is 3. The summed E-state index contributed by atoms with van der Waals surface area (Å²) in [5.74, 6) is 0.603. The topological polar surface area (TPSA) is 26.3 Å². The van der Waals surface area contributed by atoms with Crippen LogP contribution in [0.2, 0.25) is 5.02 Å². The summed E-state index contributed by atoms with van der Waals surface area (Å²) in [6.45, 7) is 1.90. The van der Waals surface area contributed by atoms with E-state index in [-0.39, 0.29) is 12.4 Å². The van der Waals surface area contributed by atoms with Gasteiger partial charge in [0.05, 0.1) is 7.57 Å². The van der Waals surface area contributed by atoms with Gasteiger partial charge >= 0.3 is 0 Å². The molecule has 0 fully saturated rings. The monoisotopic (exact) mass is 422 g/mol. The third-order valence-electron chi connectivity index (χ3n) is 2.45. The minimum atomic E-state index is -0.0665. The van der Waals surface area contributed by atoms with Crippen molar-refractivity contribution in [1.29, 1.82) is 0 Å². The number of Topliss-reactive ketones (excluding diaryl/α,β-unsaturated/α-hetero) is 1. The lowest BCUT2D eigenvalue weighted by atomic mass is 10.2. The third-order valence-corrected chi connectivity index (χ3v) is 5.03. The highest BCUT2D eigenvalue weighted by atomic mass is 79.9. The normalized spacial score (nSPS) is 10.5. The number of carbonyl (C=O) groups is 1. The maximum absolute atomic E-state index is 12.0. The van der Waals surface area contributed by atoms with Gasteiger partial charge in [-0.05, 0) is 68.6 Å². The van der Waals surface area contributed by atoms with E-state index in [0.717, 1.165) is 13.1 Å². The summed E-state index contributed by atoms with van der Waals surface area (Å²) >= 11 is 14.0. The van der Waals surface area contributed by atoms with Crippen LogP contribution in [0.5, 0.6) is 5.75 Å². The molecule has 0 N–H and O–H groups in total. The number of ether oxygens (including phenoxy) is 1. The zero-order valence-electron chi connectivity index (χ0n) is 9.88. The van der Waals surface area contributed by atoms with Gasteiger partial charge in [0.1, 0.15) is 5.75 Å². The zero-order valence-corrected chi connectivity index (χ0v) is 14.6. The Balaban J connectivity index is 2.06. The molecule has 0 saturated heterocycles. The average Bonchev–Trinajstić information content (AvgIpc) is 2.67. The second kappa shape index (κ2) is 6.39. The molecule has 6 heteroatoms. The van der Waals surface area contributed by atoms with Crippen LogP contribution in [-0.2, 0) is 0 Å². The second-order valence-corrected chi connectivity index (χ2v) is 8.05. The Hall–Kier alpha value is -0.360. The number of benzene rings is 1. The Labute approximate surface area is 137 Å². The fourth-order valence-electron chi connectivity index (χ4n) is 1.53. The van der Waals surface area contributed by atoms with Gasteiger partial charge in [0.25, 0.3) is 0 Å². The van der Waals surface area contributed by atoms with E-state index in [1.807, 2.05) is 6.92 Å². The standard InChI is InChI=1S/C13H9Br2ClO2S/c1-7-4-8(16)2-3-11(7)18-6-10(17)9-5-12(14)19-13(9)15/h2-5H,6H2,1H3. The van der Waals surface area contributed by atoms with Crippen molar-refractivity contribution in [3.63, 3.8) is 0 Å². The Morgan fingerprint density at radius 2 is 2.11 bits per heavy atom. The molecular formula is C13H9Br2ClO2S. The lowest BCUT2D eigenvalue weighted by molar-refractivity contribution is 0.0921. The molecule has 1 aromatic heterocycles. The lowest BCUT2D eigenvalue weighted by Crippen LogP contribution is -2.11. The van der Waals surface area contributed by atoms with Crippen molar-refractivity contribution in [1.82, 2.24) is 0 Å². The van der Waals surface area contributed by atoms with Gasteiger partial charge in [0.15, 0.2) is 6.61 Å². The van der Waals surface area contributed by atoms with Crippen LogP contribution >= 0.6 is 54.8 Å². The minimum absolute atomic E-state index is 0.00421. The molecule has 19 heavy (non-hydrogen) atoms. The summed E-state index contributed by atoms with van der Waals surface area (Å²) in [6.07, 6.45) is 0. The molecule has 0 saturated carbocycles. The molecule has 0 amide bonds. The molecule has 1 heterocycles. The molecule has 0 radical (unpaired) electrons. The number of aryl methyl sites for hydroxylation is 1. The van der Waals surface area contributed by atoms with Crippen molar-refractivity contribution in [3.8, 4) is 5.75 Å². The summed E-state index contributed by atoms with van der Waals surface area (Å²) in [5.41, 5.74) is 1.54. The van der Waals surface area contributed by atoms with Gasteiger partial charge in [0.2, 0.25) is 5.78 Å². The molecule has 2 nitrogen and oxygen atoms in total. The van der Waals surface area contributed by atoms with Crippen LogP contribution in [0.4, 0.5) is 0 Å². The first-order valence-electron chi connectivity index (χ1n) is 5.34. The van der Waals surface area contributed by atoms with Crippen molar-refractivity contribution in [2.75, 3.05) is 6.61 Å². The Morgan fingerprint density at radius 1 is 1.37 bits per heavy atom. The van der Waals surface area contributed by atoms with Crippen LogP contribution in [0, 0.1) is 6.92 Å². The maximum atomic E-state index is 12.0. The first-order valence-corrected chi connectivity index (χ1v) is 8.12. The van der Waals surface area contributed by atoms with E-state index < -0.39 is 0 Å². The summed E-state index contributed by atoms with van der Waals surface area (Å²) < 4.78 is 7.25. The molecule has 0 unspecified atom stereocenters. The molecule has 0 spiro atoms. The van der Waals surface area contributed by atoms with Crippen molar-refractivity contribution >= 4 is 60.6 Å². The highest BCUT2D eigenvalue weighted by Crippen LogP contribution is 2.32. The molecule has 100 valence electrons. The molecular weight excluding hydrogens is 415 g/mol. The van der Waals surface area contributed by atoms with Crippen LogP contribution in [0.1, 0.15) is 15.9 Å². The summed E-state index contributed by atoms with van der Waals surface area (Å²) in [7, 11) is 0. The average molecular weight is 425 g/mol. The highest BCUT2D eigenvalue weighted by Gasteiger charge is 2.14. The third kappa shape index (κ3) is 3.81. The number of thiophene rings is 1. The minimum Gasteiger partial charge on any atom is -0.485 e. The lowest BCUT2D eigenvalue weighted by Gasteiger charge is -2.08. The summed E-state index contributed by atoms with van der Waals surface area (Å²) in [4.78, 5) is 12.0. The van der Waals surface area contributed by atoms with Gasteiger partial charge in [-0.2, -0.15) is 0 Å². The molecule has 0 atom stereocenters. The van der Waals surface area contributed by atoms with Crippen LogP contribution in [0.25, 0.3) is 0 Å². The molecule has 0 aliphatic rings. The van der Waals surface area contributed by atoms with E-state index in [1.54, 1.807) is 24.3 Å². The van der Waals surface area contributed by atoms with Gasteiger partial charge < -0.3 is 4.74 Å². The molecule has 0 aliphatic carbocycles. The molecule has 1 aromatic carbocycles. The van der Waals surface area contributed by atoms with Crippen LogP contribution in [-0.4, -0.2) is 12.4 Å². The van der Waals surface area contributed by atoms with E-state index in [2.05, 4.69) is 31.9 Å². The Kier molecular flexibility index (Phi) is 5.06. The van der Waals surface area contributed by atoms with Crippen molar-refractivity contribution < 1.29 is 9.53 Å². The SMILES string of the molecule is Cc1cc(Cl)ccc1OCC(=O)c1cc(Br)sc1Br.